The van der Waals surface area contributed by atoms with Gasteiger partial charge in [0.05, 0.1) is 11.9 Å². The standard InChI is InChI=1S/C21H24ClN3O6S/c1-14(21(27)23-2)24(11-15-4-6-16(22)7-5-15)20(26)12-25(32(3,28)29)17-8-9-18-19(10-17)31-13-30-18/h4-10,14H,11-13H2,1-3H3,(H,23,27)/t14-/m1/s1. The number of halogens is 1. The highest BCUT2D eigenvalue weighted by atomic mass is 35.5. The molecule has 32 heavy (non-hydrogen) atoms. The molecule has 3 rings (SSSR count). The Balaban J connectivity index is 1.90. The van der Waals surface area contributed by atoms with E-state index in [-0.39, 0.29) is 24.9 Å². The van der Waals surface area contributed by atoms with Crippen LogP contribution in [0, 0.1) is 0 Å². The summed E-state index contributed by atoms with van der Waals surface area (Å²) in [6.07, 6.45) is 1.01. The van der Waals surface area contributed by atoms with E-state index in [4.69, 9.17) is 21.1 Å². The van der Waals surface area contributed by atoms with Crippen molar-refractivity contribution in [2.45, 2.75) is 19.5 Å². The number of nitrogens with one attached hydrogen (secondary N) is 1. The molecule has 2 amide bonds. The van der Waals surface area contributed by atoms with E-state index in [2.05, 4.69) is 5.32 Å². The van der Waals surface area contributed by atoms with Gasteiger partial charge >= 0.3 is 0 Å². The van der Waals surface area contributed by atoms with Crippen molar-refractivity contribution in [3.8, 4) is 11.5 Å². The smallest absolute Gasteiger partial charge is 0.244 e. The Morgan fingerprint density at radius 2 is 1.78 bits per heavy atom. The van der Waals surface area contributed by atoms with Crippen LogP contribution in [0.4, 0.5) is 5.69 Å². The molecule has 0 aliphatic carbocycles. The molecule has 9 nitrogen and oxygen atoms in total. The van der Waals surface area contributed by atoms with E-state index in [0.29, 0.717) is 16.5 Å². The predicted molar refractivity (Wildman–Crippen MR) is 120 cm³/mol. The lowest BCUT2D eigenvalue weighted by Crippen LogP contribution is -2.50. The first-order valence-electron chi connectivity index (χ1n) is 9.73. The van der Waals surface area contributed by atoms with Gasteiger partial charge in [-0.25, -0.2) is 8.42 Å². The van der Waals surface area contributed by atoms with E-state index in [1.165, 1.54) is 24.1 Å². The number of sulfonamides is 1. The molecule has 172 valence electrons. The van der Waals surface area contributed by atoms with E-state index in [9.17, 15) is 18.0 Å². The third-order valence-corrected chi connectivity index (χ3v) is 6.40. The fourth-order valence-corrected chi connectivity index (χ4v) is 4.20. The van der Waals surface area contributed by atoms with Crippen LogP contribution in [0.15, 0.2) is 42.5 Å². The van der Waals surface area contributed by atoms with Gasteiger partial charge in [0.2, 0.25) is 28.6 Å². The molecule has 0 fully saturated rings. The fraction of sp³-hybridized carbons (Fsp3) is 0.333. The topological polar surface area (TPSA) is 105 Å². The van der Waals surface area contributed by atoms with Gasteiger partial charge in [-0.1, -0.05) is 23.7 Å². The maximum absolute atomic E-state index is 13.3. The van der Waals surface area contributed by atoms with E-state index >= 15 is 0 Å². The number of fused-ring (bicyclic) bond motifs is 1. The lowest BCUT2D eigenvalue weighted by Gasteiger charge is -2.31. The quantitative estimate of drug-likeness (QED) is 0.618. The average Bonchev–Trinajstić information content (AvgIpc) is 3.23. The second-order valence-corrected chi connectivity index (χ2v) is 9.59. The summed E-state index contributed by atoms with van der Waals surface area (Å²) in [4.78, 5) is 26.9. The Labute approximate surface area is 191 Å². The molecule has 0 saturated carbocycles. The Kier molecular flexibility index (Phi) is 7.15. The van der Waals surface area contributed by atoms with Gasteiger partial charge in [-0.05, 0) is 36.8 Å². The van der Waals surface area contributed by atoms with Crippen LogP contribution in [0.25, 0.3) is 0 Å². The zero-order valence-corrected chi connectivity index (χ0v) is 19.4. The average molecular weight is 482 g/mol. The molecule has 0 unspecified atom stereocenters. The van der Waals surface area contributed by atoms with Crippen molar-refractivity contribution in [2.75, 3.05) is 30.9 Å². The number of hydrogen-bond donors (Lipinski definition) is 1. The van der Waals surface area contributed by atoms with Gasteiger partial charge in [0.25, 0.3) is 0 Å². The van der Waals surface area contributed by atoms with Crippen molar-refractivity contribution in [2.24, 2.45) is 0 Å². The number of hydrogen-bond acceptors (Lipinski definition) is 6. The Morgan fingerprint density at radius 1 is 1.12 bits per heavy atom. The van der Waals surface area contributed by atoms with Gasteiger partial charge in [0.1, 0.15) is 12.6 Å². The summed E-state index contributed by atoms with van der Waals surface area (Å²) in [5, 5.41) is 3.06. The van der Waals surface area contributed by atoms with Crippen LogP contribution in [0.3, 0.4) is 0 Å². The number of likely N-dealkylation sites (N-methyl/N-ethyl adjacent to an activating group) is 1. The van der Waals surface area contributed by atoms with Gasteiger partial charge in [0.15, 0.2) is 11.5 Å². The summed E-state index contributed by atoms with van der Waals surface area (Å²) in [5.41, 5.74) is 0.997. The van der Waals surface area contributed by atoms with Crippen molar-refractivity contribution in [3.63, 3.8) is 0 Å². The van der Waals surface area contributed by atoms with Crippen molar-refractivity contribution >= 4 is 39.1 Å². The molecule has 1 aliphatic rings. The highest BCUT2D eigenvalue weighted by Crippen LogP contribution is 2.36. The first kappa shape index (κ1) is 23.7. The number of rotatable bonds is 8. The molecule has 1 N–H and O–H groups in total. The van der Waals surface area contributed by atoms with Crippen LogP contribution in [-0.2, 0) is 26.2 Å². The highest BCUT2D eigenvalue weighted by molar-refractivity contribution is 7.92. The zero-order chi connectivity index (χ0) is 23.5. The van der Waals surface area contributed by atoms with Gasteiger partial charge in [-0.15, -0.1) is 0 Å². The van der Waals surface area contributed by atoms with Crippen LogP contribution in [0.2, 0.25) is 5.02 Å². The molecule has 2 aromatic rings. The second kappa shape index (κ2) is 9.66. The summed E-state index contributed by atoms with van der Waals surface area (Å²) >= 11 is 5.94. The minimum atomic E-state index is -3.82. The van der Waals surface area contributed by atoms with Crippen molar-refractivity contribution < 1.29 is 27.5 Å². The van der Waals surface area contributed by atoms with Crippen LogP contribution in [0.5, 0.6) is 11.5 Å². The van der Waals surface area contributed by atoms with Crippen molar-refractivity contribution in [1.29, 1.82) is 0 Å². The minimum absolute atomic E-state index is 0.0368. The summed E-state index contributed by atoms with van der Waals surface area (Å²) in [5.74, 6) is -0.0353. The Morgan fingerprint density at radius 3 is 2.41 bits per heavy atom. The molecule has 0 spiro atoms. The minimum Gasteiger partial charge on any atom is -0.454 e. The lowest BCUT2D eigenvalue weighted by atomic mass is 10.1. The molecule has 0 aromatic heterocycles. The molecule has 11 heteroatoms. The maximum atomic E-state index is 13.3. The largest absolute Gasteiger partial charge is 0.454 e. The van der Waals surface area contributed by atoms with Crippen LogP contribution in [-0.4, -0.2) is 57.8 Å². The molecular weight excluding hydrogens is 458 g/mol. The lowest BCUT2D eigenvalue weighted by molar-refractivity contribution is -0.139. The fourth-order valence-electron chi connectivity index (χ4n) is 3.23. The number of carbonyl (C=O) groups is 2. The molecule has 0 radical (unpaired) electrons. The summed E-state index contributed by atoms with van der Waals surface area (Å²) in [7, 11) is -2.35. The molecule has 0 saturated heterocycles. The molecule has 1 aliphatic heterocycles. The summed E-state index contributed by atoms with van der Waals surface area (Å²) in [6, 6.07) is 10.6. The maximum Gasteiger partial charge on any atom is 0.244 e. The number of benzene rings is 2. The van der Waals surface area contributed by atoms with E-state index in [1.54, 1.807) is 37.3 Å². The number of amides is 2. The number of carbonyl (C=O) groups excluding carboxylic acids is 2. The van der Waals surface area contributed by atoms with Gasteiger partial charge in [0, 0.05) is 24.7 Å². The molecule has 2 aromatic carbocycles. The first-order valence-corrected chi connectivity index (χ1v) is 12.0. The van der Waals surface area contributed by atoms with Crippen molar-refractivity contribution in [3.05, 3.63) is 53.1 Å². The van der Waals surface area contributed by atoms with Gasteiger partial charge in [-0.2, -0.15) is 0 Å². The Bertz CT molecular complexity index is 1110. The first-order chi connectivity index (χ1) is 15.1. The van der Waals surface area contributed by atoms with E-state index in [0.717, 1.165) is 16.1 Å². The predicted octanol–water partition coefficient (Wildman–Crippen LogP) is 2.00. The number of nitrogens with zero attached hydrogens (tertiary/aromatic N) is 2. The zero-order valence-electron chi connectivity index (χ0n) is 17.9. The molecular formula is C21H24ClN3O6S. The van der Waals surface area contributed by atoms with E-state index < -0.39 is 28.5 Å². The normalized spacial score (nSPS) is 13.4. The van der Waals surface area contributed by atoms with Gasteiger partial charge < -0.3 is 19.7 Å². The van der Waals surface area contributed by atoms with Crippen molar-refractivity contribution in [1.82, 2.24) is 10.2 Å². The van der Waals surface area contributed by atoms with Gasteiger partial charge in [-0.3, -0.25) is 13.9 Å². The van der Waals surface area contributed by atoms with Crippen LogP contribution >= 0.6 is 11.6 Å². The van der Waals surface area contributed by atoms with E-state index in [1.807, 2.05) is 0 Å². The summed E-state index contributed by atoms with van der Waals surface area (Å²) in [6.45, 7) is 1.23. The number of anilines is 1. The SMILES string of the molecule is CNC(=O)[C@@H](C)N(Cc1ccc(Cl)cc1)C(=O)CN(c1ccc2c(c1)OCO2)S(C)(=O)=O. The third-order valence-electron chi connectivity index (χ3n) is 5.00. The third kappa shape index (κ3) is 5.43. The van der Waals surface area contributed by atoms with Crippen LogP contribution < -0.4 is 19.1 Å². The molecule has 1 heterocycles. The monoisotopic (exact) mass is 481 g/mol. The summed E-state index contributed by atoms with van der Waals surface area (Å²) < 4.78 is 36.6. The molecule has 0 bridgehead atoms. The highest BCUT2D eigenvalue weighted by Gasteiger charge is 2.30. The molecule has 1 atom stereocenters. The Hall–Kier alpha value is -2.98. The second-order valence-electron chi connectivity index (χ2n) is 7.25. The van der Waals surface area contributed by atoms with Crippen LogP contribution in [0.1, 0.15) is 12.5 Å². The number of ether oxygens (including phenoxy) is 2.